The van der Waals surface area contributed by atoms with Gasteiger partial charge in [-0.2, -0.15) is 5.26 Å². The minimum absolute atomic E-state index is 0.115. The number of carbonyl (C=O) groups is 1. The van der Waals surface area contributed by atoms with Gasteiger partial charge in [0.2, 0.25) is 0 Å². The number of aryl methyl sites for hydroxylation is 2. The Balaban J connectivity index is 1.41. The minimum atomic E-state index is -0.415. The zero-order valence-electron chi connectivity index (χ0n) is 19.7. The molecular weight excluding hydrogens is 412 g/mol. The van der Waals surface area contributed by atoms with Crippen LogP contribution >= 0.6 is 0 Å². The third-order valence-corrected chi connectivity index (χ3v) is 6.81. The van der Waals surface area contributed by atoms with E-state index in [1.165, 1.54) is 17.5 Å². The number of nitrogens with one attached hydrogen (secondary N) is 1. The lowest BCUT2D eigenvalue weighted by Crippen LogP contribution is -2.46. The van der Waals surface area contributed by atoms with Crippen molar-refractivity contribution >= 4 is 5.97 Å². The Morgan fingerprint density at radius 1 is 1.12 bits per heavy atom. The van der Waals surface area contributed by atoms with Crippen molar-refractivity contribution in [3.63, 3.8) is 0 Å². The summed E-state index contributed by atoms with van der Waals surface area (Å²) in [6, 6.07) is 16.7. The lowest BCUT2D eigenvalue weighted by molar-refractivity contribution is -0.150. The zero-order valence-corrected chi connectivity index (χ0v) is 19.7. The molecule has 0 fully saturated rings. The van der Waals surface area contributed by atoms with E-state index in [0.717, 1.165) is 37.7 Å². The Kier molecular flexibility index (Phi) is 7.35. The Bertz CT molecular complexity index is 1020. The first-order valence-corrected chi connectivity index (χ1v) is 12.1. The average Bonchev–Trinajstić information content (AvgIpc) is 3.20. The summed E-state index contributed by atoms with van der Waals surface area (Å²) in [5.41, 5.74) is 4.46. The molecule has 5 heteroatoms. The summed E-state index contributed by atoms with van der Waals surface area (Å²) in [6.45, 7) is 5.15. The maximum atomic E-state index is 12.4. The number of esters is 1. The minimum Gasteiger partial charge on any atom is -0.488 e. The number of benzene rings is 2. The molecule has 0 spiro atoms. The Hall–Kier alpha value is -2.84. The molecule has 2 aromatic carbocycles. The molecule has 0 aromatic heterocycles. The molecule has 1 aliphatic carbocycles. The first kappa shape index (κ1) is 23.3. The van der Waals surface area contributed by atoms with Crippen molar-refractivity contribution in [3.8, 4) is 11.8 Å². The Morgan fingerprint density at radius 3 is 2.79 bits per heavy atom. The standard InChI is InChI=1S/C28H34N2O3/c1-28(2,16-22-14-13-21-8-4-5-9-25(21)22)30-18-24-19-32-26-15-20(11-12-23(26)17-29)7-3-6-10-27(31)33-24/h4-5,8-9,11-12,15,22,24,30H,3,6-7,10,13-14,16,18-19H2,1-2H3/t22?,24-/m1/s1. The van der Waals surface area contributed by atoms with Gasteiger partial charge in [0, 0.05) is 18.5 Å². The van der Waals surface area contributed by atoms with Crippen LogP contribution in [0.15, 0.2) is 42.5 Å². The molecule has 2 aromatic rings. The van der Waals surface area contributed by atoms with Crippen LogP contribution in [0.25, 0.3) is 0 Å². The quantitative estimate of drug-likeness (QED) is 0.650. The van der Waals surface area contributed by atoms with E-state index >= 15 is 0 Å². The van der Waals surface area contributed by atoms with Gasteiger partial charge in [0.15, 0.2) is 0 Å². The normalized spacial score (nSPS) is 21.1. The third-order valence-electron chi connectivity index (χ3n) is 6.81. The van der Waals surface area contributed by atoms with Crippen LogP contribution in [-0.4, -0.2) is 30.8 Å². The molecule has 33 heavy (non-hydrogen) atoms. The van der Waals surface area contributed by atoms with Crippen molar-refractivity contribution < 1.29 is 14.3 Å². The number of hydrogen-bond acceptors (Lipinski definition) is 5. The lowest BCUT2D eigenvalue weighted by atomic mass is 9.87. The second-order valence-electron chi connectivity index (χ2n) is 9.98. The average molecular weight is 447 g/mol. The van der Waals surface area contributed by atoms with Gasteiger partial charge in [0.25, 0.3) is 0 Å². The molecule has 0 saturated carbocycles. The highest BCUT2D eigenvalue weighted by molar-refractivity contribution is 5.69. The van der Waals surface area contributed by atoms with Gasteiger partial charge >= 0.3 is 5.97 Å². The smallest absolute Gasteiger partial charge is 0.306 e. The lowest BCUT2D eigenvalue weighted by Gasteiger charge is -2.32. The largest absolute Gasteiger partial charge is 0.488 e. The topological polar surface area (TPSA) is 71.3 Å². The Labute approximate surface area is 197 Å². The van der Waals surface area contributed by atoms with E-state index in [2.05, 4.69) is 49.5 Å². The molecule has 174 valence electrons. The molecule has 0 radical (unpaired) electrons. The van der Waals surface area contributed by atoms with Crippen LogP contribution in [0.2, 0.25) is 0 Å². The summed E-state index contributed by atoms with van der Waals surface area (Å²) in [5, 5.41) is 13.1. The fraction of sp³-hybridized carbons (Fsp3) is 0.500. The van der Waals surface area contributed by atoms with Crippen LogP contribution in [0.3, 0.4) is 0 Å². The SMILES string of the molecule is CC(C)(CC1CCc2ccccc21)NC[C@@H]1COc2cc(ccc2C#N)CCCCC(=O)O1. The molecule has 5 nitrogen and oxygen atoms in total. The molecule has 1 aliphatic heterocycles. The molecular formula is C28H34N2O3. The summed E-state index contributed by atoms with van der Waals surface area (Å²) in [4.78, 5) is 12.4. The number of fused-ring (bicyclic) bond motifs is 3. The van der Waals surface area contributed by atoms with E-state index in [4.69, 9.17) is 9.47 Å². The summed E-state index contributed by atoms with van der Waals surface area (Å²) in [5.74, 6) is 0.927. The van der Waals surface area contributed by atoms with Crippen LogP contribution in [0, 0.1) is 11.3 Å². The maximum Gasteiger partial charge on any atom is 0.306 e. The second kappa shape index (κ2) is 10.4. The van der Waals surface area contributed by atoms with Gasteiger partial charge in [-0.15, -0.1) is 0 Å². The van der Waals surface area contributed by atoms with E-state index in [0.29, 0.717) is 30.2 Å². The van der Waals surface area contributed by atoms with Crippen molar-refractivity contribution in [1.82, 2.24) is 5.32 Å². The molecule has 1 unspecified atom stereocenters. The van der Waals surface area contributed by atoms with Gasteiger partial charge in [-0.25, -0.2) is 0 Å². The third kappa shape index (κ3) is 6.15. The van der Waals surface area contributed by atoms with Gasteiger partial charge in [-0.05, 0) is 87.1 Å². The zero-order chi connectivity index (χ0) is 23.3. The number of carbonyl (C=O) groups excluding carboxylic acids is 1. The van der Waals surface area contributed by atoms with Crippen LogP contribution < -0.4 is 10.1 Å². The number of nitrogens with zero attached hydrogens (tertiary/aromatic N) is 1. The molecule has 2 aliphatic rings. The number of ether oxygens (including phenoxy) is 2. The van der Waals surface area contributed by atoms with Gasteiger partial charge in [0.05, 0.1) is 5.56 Å². The van der Waals surface area contributed by atoms with Gasteiger partial charge in [-0.1, -0.05) is 30.3 Å². The van der Waals surface area contributed by atoms with E-state index < -0.39 is 6.10 Å². The first-order valence-electron chi connectivity index (χ1n) is 12.1. The molecule has 1 heterocycles. The summed E-state index contributed by atoms with van der Waals surface area (Å²) >= 11 is 0. The monoisotopic (exact) mass is 446 g/mol. The van der Waals surface area contributed by atoms with Crippen molar-refractivity contribution in [2.75, 3.05) is 13.2 Å². The summed E-state index contributed by atoms with van der Waals surface area (Å²) in [6.07, 6.45) is 5.90. The van der Waals surface area contributed by atoms with Crippen molar-refractivity contribution in [2.45, 2.75) is 76.4 Å². The number of rotatable bonds is 5. The van der Waals surface area contributed by atoms with Gasteiger partial charge in [0.1, 0.15) is 24.5 Å². The fourth-order valence-electron chi connectivity index (χ4n) is 5.03. The molecule has 2 bridgehead atoms. The van der Waals surface area contributed by atoms with Crippen molar-refractivity contribution in [3.05, 3.63) is 64.7 Å². The highest BCUT2D eigenvalue weighted by Crippen LogP contribution is 2.38. The predicted octanol–water partition coefficient (Wildman–Crippen LogP) is 5.06. The maximum absolute atomic E-state index is 12.4. The van der Waals surface area contributed by atoms with Gasteiger partial charge < -0.3 is 14.8 Å². The highest BCUT2D eigenvalue weighted by Gasteiger charge is 2.30. The highest BCUT2D eigenvalue weighted by atomic mass is 16.6. The van der Waals surface area contributed by atoms with Crippen LogP contribution in [0.5, 0.6) is 5.75 Å². The van der Waals surface area contributed by atoms with E-state index in [1.807, 2.05) is 18.2 Å². The summed E-state index contributed by atoms with van der Waals surface area (Å²) < 4.78 is 11.8. The second-order valence-corrected chi connectivity index (χ2v) is 9.98. The van der Waals surface area contributed by atoms with Crippen LogP contribution in [-0.2, 0) is 22.4 Å². The predicted molar refractivity (Wildman–Crippen MR) is 128 cm³/mol. The van der Waals surface area contributed by atoms with E-state index in [9.17, 15) is 10.1 Å². The first-order chi connectivity index (χ1) is 15.9. The van der Waals surface area contributed by atoms with Crippen LogP contribution in [0.1, 0.15) is 74.1 Å². The van der Waals surface area contributed by atoms with Gasteiger partial charge in [-0.3, -0.25) is 4.79 Å². The van der Waals surface area contributed by atoms with Crippen LogP contribution in [0.4, 0.5) is 0 Å². The molecule has 1 N–H and O–H groups in total. The summed E-state index contributed by atoms with van der Waals surface area (Å²) in [7, 11) is 0. The molecule has 2 atom stereocenters. The fourth-order valence-corrected chi connectivity index (χ4v) is 5.03. The Morgan fingerprint density at radius 2 is 1.94 bits per heavy atom. The molecule has 0 amide bonds. The molecule has 0 saturated heterocycles. The number of hydrogen-bond donors (Lipinski definition) is 1. The number of cyclic esters (lactones) is 1. The number of nitriles is 1. The van der Waals surface area contributed by atoms with Crippen molar-refractivity contribution in [1.29, 1.82) is 5.26 Å². The molecule has 4 rings (SSSR count). The van der Waals surface area contributed by atoms with E-state index in [1.54, 1.807) is 0 Å². The van der Waals surface area contributed by atoms with E-state index in [-0.39, 0.29) is 18.1 Å². The van der Waals surface area contributed by atoms with Crippen molar-refractivity contribution in [2.24, 2.45) is 0 Å².